The molecule has 50 heavy (non-hydrogen) atoms. The molecule has 2 heterocycles. The molecule has 0 bridgehead atoms. The largest absolute Gasteiger partial charge is 0.310 e. The molecule has 3 nitrogen and oxygen atoms in total. The predicted octanol–water partition coefficient (Wildman–Crippen LogP) is 12.8. The standard InChI is InChI=1S/C47H31N3/c1-3-11-32(12-4-1)34-19-24-37(25-20-34)49(38-26-21-35(22-27-38)33-13-5-2-6-14-33)39-28-30-41-42-29-23-36-15-7-8-16-40(36)46(42)47-48-43-17-9-10-18-44(43)50(47)45(41)31-39/h1-31H. The van der Waals surface area contributed by atoms with E-state index in [1.165, 1.54) is 49.2 Å². The minimum atomic E-state index is 0.980. The minimum absolute atomic E-state index is 0.980. The third-order valence-electron chi connectivity index (χ3n) is 9.95. The zero-order valence-electron chi connectivity index (χ0n) is 27.2. The summed E-state index contributed by atoms with van der Waals surface area (Å²) in [5, 5.41) is 6.02. The van der Waals surface area contributed by atoms with Crippen LogP contribution < -0.4 is 4.90 Å². The molecule has 0 radical (unpaired) electrons. The Morgan fingerprint density at radius 2 is 0.920 bits per heavy atom. The van der Waals surface area contributed by atoms with Crippen LogP contribution >= 0.6 is 0 Å². The molecule has 0 fully saturated rings. The van der Waals surface area contributed by atoms with Crippen molar-refractivity contribution in [3.05, 3.63) is 188 Å². The fourth-order valence-electron chi connectivity index (χ4n) is 7.56. The lowest BCUT2D eigenvalue weighted by molar-refractivity contribution is 1.27. The lowest BCUT2D eigenvalue weighted by atomic mass is 9.99. The van der Waals surface area contributed by atoms with E-state index < -0.39 is 0 Å². The molecular formula is C47H31N3. The number of fused-ring (bicyclic) bond motifs is 10. The van der Waals surface area contributed by atoms with Crippen molar-refractivity contribution in [2.24, 2.45) is 0 Å². The van der Waals surface area contributed by atoms with Crippen molar-refractivity contribution in [3.63, 3.8) is 0 Å². The van der Waals surface area contributed by atoms with Gasteiger partial charge in [0.1, 0.15) is 5.65 Å². The van der Waals surface area contributed by atoms with E-state index in [0.717, 1.165) is 39.3 Å². The molecule has 0 saturated carbocycles. The van der Waals surface area contributed by atoms with Crippen LogP contribution in [0.3, 0.4) is 0 Å². The number of nitrogens with zero attached hydrogens (tertiary/aromatic N) is 3. The first-order valence-corrected chi connectivity index (χ1v) is 17.1. The van der Waals surface area contributed by atoms with E-state index in [-0.39, 0.29) is 0 Å². The van der Waals surface area contributed by atoms with E-state index in [9.17, 15) is 0 Å². The van der Waals surface area contributed by atoms with Crippen molar-refractivity contribution in [3.8, 4) is 22.3 Å². The number of imidazole rings is 1. The van der Waals surface area contributed by atoms with Gasteiger partial charge in [-0.25, -0.2) is 4.98 Å². The highest BCUT2D eigenvalue weighted by Crippen LogP contribution is 2.41. The zero-order valence-corrected chi connectivity index (χ0v) is 27.2. The summed E-state index contributed by atoms with van der Waals surface area (Å²) in [6.45, 7) is 0. The van der Waals surface area contributed by atoms with Crippen LogP contribution in [-0.4, -0.2) is 9.38 Å². The van der Waals surface area contributed by atoms with Gasteiger partial charge < -0.3 is 4.90 Å². The van der Waals surface area contributed by atoms with Gasteiger partial charge in [0, 0.05) is 27.8 Å². The number of anilines is 3. The second kappa shape index (κ2) is 11.5. The van der Waals surface area contributed by atoms with Crippen LogP contribution in [0.2, 0.25) is 0 Å². The number of para-hydroxylation sites is 2. The third-order valence-corrected chi connectivity index (χ3v) is 9.95. The monoisotopic (exact) mass is 637 g/mol. The molecule has 0 atom stereocenters. The summed E-state index contributed by atoms with van der Waals surface area (Å²) in [5.74, 6) is 0. The second-order valence-electron chi connectivity index (χ2n) is 12.8. The van der Waals surface area contributed by atoms with Gasteiger partial charge in [-0.1, -0.05) is 140 Å². The van der Waals surface area contributed by atoms with Crippen LogP contribution in [0, 0.1) is 0 Å². The highest BCUT2D eigenvalue weighted by atomic mass is 15.1. The van der Waals surface area contributed by atoms with Gasteiger partial charge in [0.05, 0.1) is 16.6 Å². The van der Waals surface area contributed by atoms with Crippen LogP contribution in [0.1, 0.15) is 0 Å². The Kier molecular flexibility index (Phi) is 6.49. The van der Waals surface area contributed by atoms with Crippen LogP contribution in [0.4, 0.5) is 17.1 Å². The average molecular weight is 638 g/mol. The van der Waals surface area contributed by atoms with Crippen molar-refractivity contribution in [1.82, 2.24) is 9.38 Å². The van der Waals surface area contributed by atoms with Gasteiger partial charge in [-0.2, -0.15) is 0 Å². The van der Waals surface area contributed by atoms with Crippen molar-refractivity contribution >= 4 is 66.2 Å². The summed E-state index contributed by atoms with van der Waals surface area (Å²) in [5.41, 5.74) is 12.3. The van der Waals surface area contributed by atoms with E-state index in [2.05, 4.69) is 197 Å². The van der Waals surface area contributed by atoms with Crippen LogP contribution in [0.25, 0.3) is 71.4 Å². The molecule has 0 aliphatic rings. The van der Waals surface area contributed by atoms with Gasteiger partial charge in [-0.15, -0.1) is 0 Å². The molecule has 0 amide bonds. The predicted molar refractivity (Wildman–Crippen MR) is 211 cm³/mol. The molecule has 0 spiro atoms. The second-order valence-corrected chi connectivity index (χ2v) is 12.8. The van der Waals surface area contributed by atoms with Gasteiger partial charge >= 0.3 is 0 Å². The maximum absolute atomic E-state index is 5.26. The molecule has 10 rings (SSSR count). The van der Waals surface area contributed by atoms with Crippen molar-refractivity contribution in [2.45, 2.75) is 0 Å². The number of rotatable bonds is 5. The quantitative estimate of drug-likeness (QED) is 0.175. The summed E-state index contributed by atoms with van der Waals surface area (Å²) >= 11 is 0. The molecule has 0 unspecified atom stereocenters. The van der Waals surface area contributed by atoms with E-state index in [1.807, 2.05) is 0 Å². The zero-order chi connectivity index (χ0) is 33.0. The van der Waals surface area contributed by atoms with Crippen LogP contribution in [0.15, 0.2) is 188 Å². The average Bonchev–Trinajstić information content (AvgIpc) is 3.59. The van der Waals surface area contributed by atoms with Gasteiger partial charge in [-0.3, -0.25) is 4.40 Å². The molecule has 0 N–H and O–H groups in total. The maximum Gasteiger partial charge on any atom is 0.147 e. The molecule has 8 aromatic carbocycles. The van der Waals surface area contributed by atoms with Crippen LogP contribution in [0.5, 0.6) is 0 Å². The first-order valence-electron chi connectivity index (χ1n) is 17.1. The van der Waals surface area contributed by atoms with E-state index in [1.54, 1.807) is 0 Å². The molecule has 0 saturated heterocycles. The highest BCUT2D eigenvalue weighted by molar-refractivity contribution is 6.23. The van der Waals surface area contributed by atoms with E-state index in [4.69, 9.17) is 4.98 Å². The van der Waals surface area contributed by atoms with Gasteiger partial charge in [0.15, 0.2) is 0 Å². The lowest BCUT2D eigenvalue weighted by Gasteiger charge is -2.26. The third kappa shape index (κ3) is 4.56. The van der Waals surface area contributed by atoms with Gasteiger partial charge in [0.2, 0.25) is 0 Å². The molecule has 10 aromatic rings. The lowest BCUT2D eigenvalue weighted by Crippen LogP contribution is -2.10. The minimum Gasteiger partial charge on any atom is -0.310 e. The van der Waals surface area contributed by atoms with E-state index >= 15 is 0 Å². The van der Waals surface area contributed by atoms with Crippen molar-refractivity contribution in [2.75, 3.05) is 4.90 Å². The molecule has 3 heteroatoms. The SMILES string of the molecule is c1ccc(-c2ccc(N(c3ccc(-c4ccccc4)cc3)c3ccc4c5ccc6ccccc6c5c5nc6ccccc6n5c4c3)cc2)cc1. The Hall–Kier alpha value is -6.71. The number of pyridine rings is 1. The first kappa shape index (κ1) is 28.3. The van der Waals surface area contributed by atoms with E-state index in [0.29, 0.717) is 0 Å². The summed E-state index contributed by atoms with van der Waals surface area (Å²) in [6.07, 6.45) is 0. The van der Waals surface area contributed by atoms with Crippen molar-refractivity contribution in [1.29, 1.82) is 0 Å². The fraction of sp³-hybridized carbons (Fsp3) is 0. The Morgan fingerprint density at radius 1 is 0.380 bits per heavy atom. The summed E-state index contributed by atoms with van der Waals surface area (Å²) < 4.78 is 2.36. The molecule has 0 aliphatic heterocycles. The highest BCUT2D eigenvalue weighted by Gasteiger charge is 2.19. The molecule has 234 valence electrons. The number of hydrogen-bond acceptors (Lipinski definition) is 2. The normalized spacial score (nSPS) is 11.6. The Balaban J connectivity index is 1.22. The topological polar surface area (TPSA) is 20.5 Å². The summed E-state index contributed by atoms with van der Waals surface area (Å²) in [4.78, 5) is 7.62. The molecule has 0 aliphatic carbocycles. The number of hydrogen-bond donors (Lipinski definition) is 0. The molecule has 2 aromatic heterocycles. The van der Waals surface area contributed by atoms with Gasteiger partial charge in [-0.05, 0) is 86.9 Å². The molecular weight excluding hydrogens is 607 g/mol. The Bertz CT molecular complexity index is 2750. The summed E-state index contributed by atoms with van der Waals surface area (Å²) in [6, 6.07) is 67.4. The fourth-order valence-corrected chi connectivity index (χ4v) is 7.56. The van der Waals surface area contributed by atoms with Crippen molar-refractivity contribution < 1.29 is 0 Å². The Morgan fingerprint density at radius 3 is 1.60 bits per heavy atom. The smallest absolute Gasteiger partial charge is 0.147 e. The van der Waals surface area contributed by atoms with Crippen LogP contribution in [-0.2, 0) is 0 Å². The number of aromatic nitrogens is 2. The Labute approximate surface area is 289 Å². The first-order chi connectivity index (χ1) is 24.8. The van der Waals surface area contributed by atoms with Gasteiger partial charge in [0.25, 0.3) is 0 Å². The summed E-state index contributed by atoms with van der Waals surface area (Å²) in [7, 11) is 0. The maximum atomic E-state index is 5.26. The number of benzene rings is 8.